The van der Waals surface area contributed by atoms with E-state index in [1.54, 1.807) is 42.2 Å². The van der Waals surface area contributed by atoms with Crippen molar-refractivity contribution in [1.82, 2.24) is 0 Å². The maximum atomic E-state index is 12.5. The Morgan fingerprint density at radius 2 is 1.92 bits per heavy atom. The summed E-state index contributed by atoms with van der Waals surface area (Å²) in [5.74, 6) is 0.358. The highest BCUT2D eigenvalue weighted by Gasteiger charge is 2.25. The number of carbonyl (C=O) groups is 2. The van der Waals surface area contributed by atoms with Crippen molar-refractivity contribution in [2.75, 3.05) is 16.8 Å². The van der Waals surface area contributed by atoms with Gasteiger partial charge in [0.1, 0.15) is 5.75 Å². The molecule has 1 heterocycles. The van der Waals surface area contributed by atoms with Crippen LogP contribution in [-0.4, -0.2) is 24.5 Å². The number of nitrogens with one attached hydrogen (secondary N) is 1. The van der Waals surface area contributed by atoms with Gasteiger partial charge in [-0.25, -0.2) is 0 Å². The molecular formula is C19H19ClN2O3. The number of amides is 2. The Kier molecular flexibility index (Phi) is 5.24. The van der Waals surface area contributed by atoms with E-state index in [0.29, 0.717) is 29.4 Å². The summed E-state index contributed by atoms with van der Waals surface area (Å²) in [7, 11) is 0. The molecule has 0 bridgehead atoms. The fraction of sp³-hybridized carbons (Fsp3) is 0.263. The standard InChI is InChI=1S/C19H19ClN2O3/c1-13(25-15-10-8-14(20)9-11-15)19(24)21-16-5-2-3-6-17(16)22-12-4-7-18(22)23/h2-3,5-6,8-11,13H,4,7,12H2,1H3,(H,21,24). The van der Waals surface area contributed by atoms with E-state index in [9.17, 15) is 9.59 Å². The van der Waals surface area contributed by atoms with Gasteiger partial charge in [-0.2, -0.15) is 0 Å². The first-order chi connectivity index (χ1) is 12.0. The molecule has 0 radical (unpaired) electrons. The molecule has 1 N–H and O–H groups in total. The van der Waals surface area contributed by atoms with Crippen LogP contribution in [0.4, 0.5) is 11.4 Å². The van der Waals surface area contributed by atoms with Crippen molar-refractivity contribution in [2.45, 2.75) is 25.9 Å². The zero-order valence-electron chi connectivity index (χ0n) is 13.9. The predicted octanol–water partition coefficient (Wildman–Crippen LogP) is 3.87. The number of hydrogen-bond donors (Lipinski definition) is 1. The van der Waals surface area contributed by atoms with Crippen molar-refractivity contribution in [3.8, 4) is 5.75 Å². The van der Waals surface area contributed by atoms with Crippen LogP contribution in [0.3, 0.4) is 0 Å². The number of carbonyl (C=O) groups excluding carboxylic acids is 2. The summed E-state index contributed by atoms with van der Waals surface area (Å²) >= 11 is 5.84. The predicted molar refractivity (Wildman–Crippen MR) is 98.2 cm³/mol. The summed E-state index contributed by atoms with van der Waals surface area (Å²) < 4.78 is 5.64. The van der Waals surface area contributed by atoms with Gasteiger partial charge >= 0.3 is 0 Å². The van der Waals surface area contributed by atoms with Gasteiger partial charge in [0.2, 0.25) is 5.91 Å². The van der Waals surface area contributed by atoms with Crippen LogP contribution in [0, 0.1) is 0 Å². The Morgan fingerprint density at radius 3 is 2.60 bits per heavy atom. The normalized spacial score (nSPS) is 15.1. The smallest absolute Gasteiger partial charge is 0.265 e. The van der Waals surface area contributed by atoms with Crippen molar-refractivity contribution in [3.63, 3.8) is 0 Å². The Morgan fingerprint density at radius 1 is 1.20 bits per heavy atom. The van der Waals surface area contributed by atoms with Crippen molar-refractivity contribution in [2.24, 2.45) is 0 Å². The largest absolute Gasteiger partial charge is 0.481 e. The van der Waals surface area contributed by atoms with Gasteiger partial charge in [-0.1, -0.05) is 23.7 Å². The second-order valence-corrected chi connectivity index (χ2v) is 6.31. The van der Waals surface area contributed by atoms with Crippen LogP contribution in [0.25, 0.3) is 0 Å². The summed E-state index contributed by atoms with van der Waals surface area (Å²) in [6, 6.07) is 14.1. The van der Waals surface area contributed by atoms with E-state index < -0.39 is 6.10 Å². The molecule has 1 aliphatic heterocycles. The first-order valence-corrected chi connectivity index (χ1v) is 8.55. The van der Waals surface area contributed by atoms with Crippen molar-refractivity contribution >= 4 is 34.8 Å². The molecule has 5 nitrogen and oxygen atoms in total. The van der Waals surface area contributed by atoms with E-state index in [4.69, 9.17) is 16.3 Å². The van der Waals surface area contributed by atoms with Crippen molar-refractivity contribution < 1.29 is 14.3 Å². The number of halogens is 1. The number of para-hydroxylation sites is 2. The highest BCUT2D eigenvalue weighted by atomic mass is 35.5. The lowest BCUT2D eigenvalue weighted by molar-refractivity contribution is -0.122. The van der Waals surface area contributed by atoms with Gasteiger partial charge in [0.15, 0.2) is 6.10 Å². The molecule has 1 aliphatic rings. The zero-order chi connectivity index (χ0) is 17.8. The van der Waals surface area contributed by atoms with Gasteiger partial charge in [0.05, 0.1) is 11.4 Å². The summed E-state index contributed by atoms with van der Waals surface area (Å²) in [5, 5.41) is 3.46. The minimum absolute atomic E-state index is 0.0761. The fourth-order valence-corrected chi connectivity index (χ4v) is 2.85. The number of hydrogen-bond acceptors (Lipinski definition) is 3. The maximum absolute atomic E-state index is 12.5. The van der Waals surface area contributed by atoms with Gasteiger partial charge in [-0.15, -0.1) is 0 Å². The van der Waals surface area contributed by atoms with Crippen LogP contribution >= 0.6 is 11.6 Å². The number of ether oxygens (including phenoxy) is 1. The summed E-state index contributed by atoms with van der Waals surface area (Å²) in [4.78, 5) is 26.2. The number of anilines is 2. The van der Waals surface area contributed by atoms with E-state index in [-0.39, 0.29) is 11.8 Å². The Balaban J connectivity index is 1.70. The van der Waals surface area contributed by atoms with E-state index in [0.717, 1.165) is 12.1 Å². The molecular weight excluding hydrogens is 340 g/mol. The van der Waals surface area contributed by atoms with E-state index in [1.165, 1.54) is 0 Å². The van der Waals surface area contributed by atoms with E-state index in [2.05, 4.69) is 5.32 Å². The van der Waals surface area contributed by atoms with Crippen LogP contribution in [0.5, 0.6) is 5.75 Å². The number of benzene rings is 2. The molecule has 3 rings (SSSR count). The molecule has 2 aromatic carbocycles. The fourth-order valence-electron chi connectivity index (χ4n) is 2.72. The number of nitrogens with zero attached hydrogens (tertiary/aromatic N) is 1. The Hall–Kier alpha value is -2.53. The monoisotopic (exact) mass is 358 g/mol. The van der Waals surface area contributed by atoms with Gasteiger partial charge in [0.25, 0.3) is 5.91 Å². The van der Waals surface area contributed by atoms with Crippen LogP contribution in [0.1, 0.15) is 19.8 Å². The molecule has 2 aromatic rings. The third-order valence-corrected chi connectivity index (χ3v) is 4.27. The van der Waals surface area contributed by atoms with Crippen LogP contribution in [-0.2, 0) is 9.59 Å². The molecule has 130 valence electrons. The first-order valence-electron chi connectivity index (χ1n) is 8.17. The summed E-state index contributed by atoms with van der Waals surface area (Å²) in [6.45, 7) is 2.34. The molecule has 1 unspecified atom stereocenters. The van der Waals surface area contributed by atoms with Crippen LogP contribution < -0.4 is 15.0 Å². The molecule has 0 saturated carbocycles. The van der Waals surface area contributed by atoms with E-state index >= 15 is 0 Å². The lowest BCUT2D eigenvalue weighted by Crippen LogP contribution is -2.31. The summed E-state index contributed by atoms with van der Waals surface area (Å²) in [5.41, 5.74) is 1.33. The molecule has 25 heavy (non-hydrogen) atoms. The van der Waals surface area contributed by atoms with Gasteiger partial charge in [0, 0.05) is 18.0 Å². The Labute approximate surface area is 151 Å². The van der Waals surface area contributed by atoms with Crippen molar-refractivity contribution in [1.29, 1.82) is 0 Å². The minimum Gasteiger partial charge on any atom is -0.481 e. The van der Waals surface area contributed by atoms with E-state index in [1.807, 2.05) is 18.2 Å². The van der Waals surface area contributed by atoms with Crippen LogP contribution in [0.15, 0.2) is 48.5 Å². The lowest BCUT2D eigenvalue weighted by Gasteiger charge is -2.21. The molecule has 1 atom stereocenters. The second-order valence-electron chi connectivity index (χ2n) is 5.87. The molecule has 2 amide bonds. The third kappa shape index (κ3) is 4.12. The minimum atomic E-state index is -0.691. The van der Waals surface area contributed by atoms with Gasteiger partial charge in [-0.05, 0) is 49.7 Å². The quantitative estimate of drug-likeness (QED) is 0.882. The van der Waals surface area contributed by atoms with Crippen LogP contribution in [0.2, 0.25) is 5.02 Å². The molecule has 1 fully saturated rings. The molecule has 1 saturated heterocycles. The maximum Gasteiger partial charge on any atom is 0.265 e. The number of rotatable bonds is 5. The van der Waals surface area contributed by atoms with Gasteiger partial charge < -0.3 is 15.0 Å². The first kappa shape index (κ1) is 17.3. The molecule has 0 aromatic heterocycles. The average Bonchev–Trinajstić information content (AvgIpc) is 3.03. The second kappa shape index (κ2) is 7.57. The van der Waals surface area contributed by atoms with Crippen molar-refractivity contribution in [3.05, 3.63) is 53.6 Å². The highest BCUT2D eigenvalue weighted by molar-refractivity contribution is 6.30. The van der Waals surface area contributed by atoms with Gasteiger partial charge in [-0.3, -0.25) is 9.59 Å². The zero-order valence-corrected chi connectivity index (χ0v) is 14.6. The average molecular weight is 359 g/mol. The highest BCUT2D eigenvalue weighted by Crippen LogP contribution is 2.29. The topological polar surface area (TPSA) is 58.6 Å². The SMILES string of the molecule is CC(Oc1ccc(Cl)cc1)C(=O)Nc1ccccc1N1CCCC1=O. The third-order valence-electron chi connectivity index (χ3n) is 4.02. The molecule has 0 spiro atoms. The Bertz CT molecular complexity index is 776. The summed E-state index contributed by atoms with van der Waals surface area (Å²) in [6.07, 6.45) is 0.679. The lowest BCUT2D eigenvalue weighted by atomic mass is 10.2. The molecule has 0 aliphatic carbocycles. The molecule has 6 heteroatoms.